The summed E-state index contributed by atoms with van der Waals surface area (Å²) in [6.07, 6.45) is -0.0519. The quantitative estimate of drug-likeness (QED) is 0.504. The Labute approximate surface area is 141 Å². The van der Waals surface area contributed by atoms with E-state index in [0.29, 0.717) is 10.5 Å². The van der Waals surface area contributed by atoms with Crippen LogP contribution in [0.5, 0.6) is 0 Å². The molecule has 2 amide bonds. The van der Waals surface area contributed by atoms with Gasteiger partial charge in [-0.25, -0.2) is 4.79 Å². The van der Waals surface area contributed by atoms with E-state index in [9.17, 15) is 29.6 Å². The highest BCUT2D eigenvalue weighted by Gasteiger charge is 2.43. The average molecular weight is 340 g/mol. The van der Waals surface area contributed by atoms with Gasteiger partial charge in [0.2, 0.25) is 0 Å². The van der Waals surface area contributed by atoms with E-state index in [4.69, 9.17) is 0 Å². The van der Waals surface area contributed by atoms with Gasteiger partial charge in [-0.1, -0.05) is 30.3 Å². The molecule has 2 aromatic carbocycles. The number of carbonyl (C=O) groups is 3. The normalized spacial score (nSPS) is 14.3. The number of hydrogen-bond acceptors (Lipinski definition) is 5. The van der Waals surface area contributed by atoms with Gasteiger partial charge < -0.3 is 5.11 Å². The molecule has 1 aliphatic rings. The van der Waals surface area contributed by atoms with Crippen LogP contribution >= 0.6 is 0 Å². The fourth-order valence-corrected chi connectivity index (χ4v) is 2.77. The van der Waals surface area contributed by atoms with Crippen LogP contribution in [0.4, 0.5) is 5.69 Å². The molecule has 1 aliphatic heterocycles. The van der Waals surface area contributed by atoms with Gasteiger partial charge in [-0.05, 0) is 11.6 Å². The van der Waals surface area contributed by atoms with Crippen molar-refractivity contribution in [3.8, 4) is 0 Å². The first-order valence-electron chi connectivity index (χ1n) is 7.33. The molecule has 1 N–H and O–H groups in total. The van der Waals surface area contributed by atoms with Crippen LogP contribution in [0.15, 0.2) is 48.5 Å². The summed E-state index contributed by atoms with van der Waals surface area (Å²) in [4.78, 5) is 47.5. The van der Waals surface area contributed by atoms with Gasteiger partial charge in [-0.3, -0.25) is 24.6 Å². The molecule has 8 heteroatoms. The number of nitro groups is 1. The van der Waals surface area contributed by atoms with Crippen LogP contribution in [-0.2, 0) is 11.2 Å². The predicted octanol–water partition coefficient (Wildman–Crippen LogP) is 1.89. The first kappa shape index (κ1) is 16.3. The van der Waals surface area contributed by atoms with E-state index in [-0.39, 0.29) is 23.2 Å². The van der Waals surface area contributed by atoms with Crippen LogP contribution in [-0.4, -0.2) is 38.8 Å². The molecule has 0 fully saturated rings. The van der Waals surface area contributed by atoms with Crippen LogP contribution in [0.3, 0.4) is 0 Å². The van der Waals surface area contributed by atoms with Crippen LogP contribution in [0.1, 0.15) is 26.3 Å². The van der Waals surface area contributed by atoms with Crippen LogP contribution < -0.4 is 0 Å². The predicted molar refractivity (Wildman–Crippen MR) is 85.2 cm³/mol. The highest BCUT2D eigenvalue weighted by molar-refractivity contribution is 6.22. The number of amides is 2. The molecule has 8 nitrogen and oxygen atoms in total. The van der Waals surface area contributed by atoms with E-state index in [1.807, 2.05) is 0 Å². The third kappa shape index (κ3) is 2.85. The van der Waals surface area contributed by atoms with E-state index >= 15 is 0 Å². The highest BCUT2D eigenvalue weighted by atomic mass is 16.6. The minimum absolute atomic E-state index is 0.0325. The molecule has 0 saturated carbocycles. The molecule has 1 atom stereocenters. The standard InChI is InChI=1S/C17H12N2O6/c20-15-12-7-6-11(19(24)25)9-13(12)16(21)18(15)14(17(22)23)8-10-4-2-1-3-5-10/h1-7,9,14H,8H2,(H,22,23). The summed E-state index contributed by atoms with van der Waals surface area (Å²) in [6.45, 7) is 0. The number of benzene rings is 2. The van der Waals surface area contributed by atoms with Gasteiger partial charge >= 0.3 is 5.97 Å². The van der Waals surface area contributed by atoms with E-state index in [1.165, 1.54) is 6.07 Å². The summed E-state index contributed by atoms with van der Waals surface area (Å²) >= 11 is 0. The molecule has 0 radical (unpaired) electrons. The molecule has 0 aliphatic carbocycles. The number of imide groups is 1. The van der Waals surface area contributed by atoms with Crippen molar-refractivity contribution in [3.05, 3.63) is 75.3 Å². The number of non-ortho nitro benzene ring substituents is 1. The summed E-state index contributed by atoms with van der Waals surface area (Å²) in [5, 5.41) is 20.4. The number of carboxylic acids is 1. The number of hydrogen-bond donors (Lipinski definition) is 1. The largest absolute Gasteiger partial charge is 0.480 e. The van der Waals surface area contributed by atoms with Gasteiger partial charge in [0.15, 0.2) is 0 Å². The first-order chi connectivity index (χ1) is 11.9. The van der Waals surface area contributed by atoms with Crippen LogP contribution in [0, 0.1) is 10.1 Å². The lowest BCUT2D eigenvalue weighted by Gasteiger charge is -2.22. The van der Waals surface area contributed by atoms with Gasteiger partial charge in [-0.2, -0.15) is 0 Å². The molecular formula is C17H12N2O6. The molecule has 126 valence electrons. The van der Waals surface area contributed by atoms with Crippen molar-refractivity contribution < 1.29 is 24.4 Å². The molecule has 2 aromatic rings. The molecule has 0 aromatic heterocycles. The second-order valence-electron chi connectivity index (χ2n) is 5.51. The van der Waals surface area contributed by atoms with Crippen LogP contribution in [0.2, 0.25) is 0 Å². The zero-order chi connectivity index (χ0) is 18.1. The number of aliphatic carboxylic acids is 1. The number of carbonyl (C=O) groups excluding carboxylic acids is 2. The van der Waals surface area contributed by atoms with Gasteiger partial charge in [0, 0.05) is 18.6 Å². The van der Waals surface area contributed by atoms with Crippen LogP contribution in [0.25, 0.3) is 0 Å². The lowest BCUT2D eigenvalue weighted by molar-refractivity contribution is -0.384. The SMILES string of the molecule is O=C(O)C(Cc1ccccc1)N1C(=O)c2ccc([N+](=O)[O-])cc2C1=O. The Morgan fingerprint density at radius 3 is 2.32 bits per heavy atom. The van der Waals surface area contributed by atoms with E-state index in [2.05, 4.69) is 0 Å². The van der Waals surface area contributed by atoms with Crippen molar-refractivity contribution >= 4 is 23.5 Å². The maximum absolute atomic E-state index is 12.5. The molecule has 0 saturated heterocycles. The summed E-state index contributed by atoms with van der Waals surface area (Å²) in [5.74, 6) is -2.93. The van der Waals surface area contributed by atoms with Crippen molar-refractivity contribution in [1.29, 1.82) is 0 Å². The van der Waals surface area contributed by atoms with Crippen molar-refractivity contribution in [2.24, 2.45) is 0 Å². The number of carboxylic acid groups (broad SMARTS) is 1. The molecule has 1 heterocycles. The molecule has 1 unspecified atom stereocenters. The second kappa shape index (κ2) is 6.16. The smallest absolute Gasteiger partial charge is 0.327 e. The fraction of sp³-hybridized carbons (Fsp3) is 0.118. The van der Waals surface area contributed by atoms with Crippen molar-refractivity contribution in [2.45, 2.75) is 12.5 Å². The summed E-state index contributed by atoms with van der Waals surface area (Å²) < 4.78 is 0. The zero-order valence-electron chi connectivity index (χ0n) is 12.8. The first-order valence-corrected chi connectivity index (χ1v) is 7.33. The molecule has 3 rings (SSSR count). The second-order valence-corrected chi connectivity index (χ2v) is 5.51. The molecule has 0 bridgehead atoms. The Kier molecular flexibility index (Phi) is 4.02. The van der Waals surface area contributed by atoms with Gasteiger partial charge in [0.25, 0.3) is 17.5 Å². The molecule has 0 spiro atoms. The number of nitro benzene ring substituents is 1. The van der Waals surface area contributed by atoms with Gasteiger partial charge in [0.1, 0.15) is 6.04 Å². The minimum atomic E-state index is -1.39. The third-order valence-electron chi connectivity index (χ3n) is 3.98. The van der Waals surface area contributed by atoms with Crippen molar-refractivity contribution in [3.63, 3.8) is 0 Å². The van der Waals surface area contributed by atoms with Gasteiger partial charge in [-0.15, -0.1) is 0 Å². The highest BCUT2D eigenvalue weighted by Crippen LogP contribution is 2.29. The van der Waals surface area contributed by atoms with Crippen molar-refractivity contribution in [2.75, 3.05) is 0 Å². The molecular weight excluding hydrogens is 328 g/mol. The average Bonchev–Trinajstić information content (AvgIpc) is 2.84. The van der Waals surface area contributed by atoms with Gasteiger partial charge in [0.05, 0.1) is 16.1 Å². The van der Waals surface area contributed by atoms with E-state index in [0.717, 1.165) is 12.1 Å². The summed E-state index contributed by atoms with van der Waals surface area (Å²) in [5.41, 5.74) is 0.127. The minimum Gasteiger partial charge on any atom is -0.480 e. The lowest BCUT2D eigenvalue weighted by atomic mass is 10.0. The summed E-state index contributed by atoms with van der Waals surface area (Å²) in [6, 6.07) is 10.5. The third-order valence-corrected chi connectivity index (χ3v) is 3.98. The van der Waals surface area contributed by atoms with Crippen molar-refractivity contribution in [1.82, 2.24) is 4.90 Å². The maximum Gasteiger partial charge on any atom is 0.327 e. The Morgan fingerprint density at radius 2 is 1.72 bits per heavy atom. The Hall–Kier alpha value is -3.55. The van der Waals surface area contributed by atoms with E-state index in [1.54, 1.807) is 30.3 Å². The number of nitrogens with zero attached hydrogens (tertiary/aromatic N) is 2. The Balaban J connectivity index is 1.98. The lowest BCUT2D eigenvalue weighted by Crippen LogP contribution is -2.46. The number of fused-ring (bicyclic) bond motifs is 1. The Bertz CT molecular complexity index is 893. The fourth-order valence-electron chi connectivity index (χ4n) is 2.77. The molecule has 25 heavy (non-hydrogen) atoms. The maximum atomic E-state index is 12.5. The van der Waals surface area contributed by atoms with E-state index < -0.39 is 28.7 Å². The Morgan fingerprint density at radius 1 is 1.08 bits per heavy atom. The number of rotatable bonds is 5. The summed E-state index contributed by atoms with van der Waals surface area (Å²) in [7, 11) is 0. The zero-order valence-corrected chi connectivity index (χ0v) is 12.8. The topological polar surface area (TPSA) is 118 Å². The monoisotopic (exact) mass is 340 g/mol.